The summed E-state index contributed by atoms with van der Waals surface area (Å²) in [6.45, 7) is 31.6. The number of benzene rings is 5. The summed E-state index contributed by atoms with van der Waals surface area (Å²) in [5.74, 6) is 0.411. The zero-order valence-corrected chi connectivity index (χ0v) is 43.6. The van der Waals surface area contributed by atoms with E-state index < -0.39 is 0 Å². The van der Waals surface area contributed by atoms with Crippen LogP contribution < -0.4 is 20.9 Å². The molecule has 1 fully saturated rings. The molecule has 5 heteroatoms. The molecule has 0 amide bonds. The molecule has 1 aromatic heterocycles. The van der Waals surface area contributed by atoms with Crippen molar-refractivity contribution in [3.05, 3.63) is 147 Å². The first-order valence-corrected chi connectivity index (χ1v) is 26.1. The molecule has 0 N–H and O–H groups in total. The molecule has 1 saturated carbocycles. The molecule has 4 nitrogen and oxygen atoms in total. The number of nitrogens with zero attached hydrogens (tertiary/aromatic N) is 3. The number of nitriles is 1. The van der Waals surface area contributed by atoms with E-state index >= 15 is 0 Å². The third kappa shape index (κ3) is 6.45. The van der Waals surface area contributed by atoms with E-state index in [9.17, 15) is 5.26 Å². The van der Waals surface area contributed by atoms with Crippen LogP contribution in [0.25, 0.3) is 22.1 Å². The highest BCUT2D eigenvalue weighted by atomic mass is 16.3. The van der Waals surface area contributed by atoms with Crippen molar-refractivity contribution in [2.45, 2.75) is 157 Å². The number of anilines is 5. The standard InChI is InChI=1S/C64H70BN3O/c1-38-29-53-56-54(30-38)68(51-22-19-40(31-41(51)37-66)39-17-15-14-16-18-39)57-43-33-46-49(64(12,13)28-25-61(46,6)7)36-55(43)69-58(57)65(56)50-34-47-48(63(10,11)27-26-62(47,8)9)35-52(50)67(53)42-20-21-44-45(32-42)60(4,5)24-23-59(44,2)3/h14-22,29-34,36,48H,23-28,35H2,1-13H3. The molecule has 2 aliphatic heterocycles. The normalized spacial score (nSPS) is 22.6. The van der Waals surface area contributed by atoms with Crippen LogP contribution in [-0.4, -0.2) is 6.71 Å². The Kier molecular flexibility index (Phi) is 9.31. The van der Waals surface area contributed by atoms with Crippen LogP contribution in [0, 0.1) is 35.0 Å². The largest absolute Gasteiger partial charge is 0.468 e. The van der Waals surface area contributed by atoms with Crippen molar-refractivity contribution in [3.8, 4) is 17.2 Å². The Bertz CT molecular complexity index is 3310. The summed E-state index contributed by atoms with van der Waals surface area (Å²) >= 11 is 0. The molecule has 1 atom stereocenters. The van der Waals surface area contributed by atoms with Crippen LogP contribution in [0.2, 0.25) is 0 Å². The Balaban J connectivity index is 1.20. The number of aryl methyl sites for hydroxylation is 1. The Morgan fingerprint density at radius 2 is 1.20 bits per heavy atom. The van der Waals surface area contributed by atoms with Crippen molar-refractivity contribution in [2.75, 3.05) is 9.80 Å². The summed E-state index contributed by atoms with van der Waals surface area (Å²) in [6, 6.07) is 36.9. The van der Waals surface area contributed by atoms with Gasteiger partial charge in [0.05, 0.1) is 22.6 Å². The minimum absolute atomic E-state index is 0.00135. The van der Waals surface area contributed by atoms with Gasteiger partial charge in [0.2, 0.25) is 0 Å². The zero-order chi connectivity index (χ0) is 48.5. The minimum Gasteiger partial charge on any atom is -0.468 e. The van der Waals surface area contributed by atoms with Gasteiger partial charge in [-0.15, -0.1) is 0 Å². The number of rotatable bonds is 3. The van der Waals surface area contributed by atoms with E-state index in [-0.39, 0.29) is 39.2 Å². The highest BCUT2D eigenvalue weighted by Gasteiger charge is 2.53. The SMILES string of the molecule is Cc1cc2c3c(c1)N(c1ccc(-c4ccccc4)cc1C#N)c1c(oc4cc5c(cc14)C(C)(C)CCC5(C)C)B3C1=C(CC3C(=C1)C(C)(C)CCC3(C)C)N2c1ccc2c(c1)C(C)(C)CCC2(C)C. The maximum atomic E-state index is 11.3. The molecule has 4 aliphatic carbocycles. The number of allylic oxidation sites excluding steroid dienone is 4. The average molecular weight is 908 g/mol. The summed E-state index contributed by atoms with van der Waals surface area (Å²) in [5.41, 5.74) is 23.2. The van der Waals surface area contributed by atoms with Crippen LogP contribution in [0.15, 0.2) is 118 Å². The van der Waals surface area contributed by atoms with Crippen LogP contribution in [0.1, 0.15) is 161 Å². The van der Waals surface area contributed by atoms with Crippen molar-refractivity contribution < 1.29 is 4.42 Å². The number of hydrogen-bond acceptors (Lipinski definition) is 4. The second-order valence-corrected chi connectivity index (χ2v) is 26.1. The molecule has 1 unspecified atom stereocenters. The van der Waals surface area contributed by atoms with Crippen molar-refractivity contribution in [1.29, 1.82) is 5.26 Å². The topological polar surface area (TPSA) is 43.4 Å². The van der Waals surface area contributed by atoms with Crippen molar-refractivity contribution in [2.24, 2.45) is 16.7 Å². The molecule has 6 aromatic rings. The molecule has 0 radical (unpaired) electrons. The third-order valence-electron chi connectivity index (χ3n) is 18.9. The quantitative estimate of drug-likeness (QED) is 0.166. The number of furan rings is 1. The van der Waals surface area contributed by atoms with Gasteiger partial charge in [-0.2, -0.15) is 5.26 Å². The lowest BCUT2D eigenvalue weighted by atomic mass is 9.33. The van der Waals surface area contributed by atoms with E-state index in [1.807, 2.05) is 0 Å². The molecule has 0 saturated heterocycles. The molecule has 69 heavy (non-hydrogen) atoms. The van der Waals surface area contributed by atoms with Gasteiger partial charge in [-0.05, 0) is 189 Å². The first-order chi connectivity index (χ1) is 32.5. The van der Waals surface area contributed by atoms with Gasteiger partial charge in [0.25, 0.3) is 6.71 Å². The second-order valence-electron chi connectivity index (χ2n) is 26.1. The number of hydrogen-bond donors (Lipinski definition) is 0. The molecular formula is C64H70BN3O. The van der Waals surface area contributed by atoms with Crippen LogP contribution in [0.4, 0.5) is 28.4 Å². The van der Waals surface area contributed by atoms with Crippen LogP contribution >= 0.6 is 0 Å². The van der Waals surface area contributed by atoms with E-state index in [1.165, 1.54) is 75.1 Å². The molecule has 12 rings (SSSR count). The Morgan fingerprint density at radius 1 is 0.594 bits per heavy atom. The smallest absolute Gasteiger partial charge is 0.296 e. The molecule has 3 heterocycles. The van der Waals surface area contributed by atoms with Crippen LogP contribution in [-0.2, 0) is 21.7 Å². The van der Waals surface area contributed by atoms with Gasteiger partial charge in [-0.1, -0.05) is 137 Å². The summed E-state index contributed by atoms with van der Waals surface area (Å²) in [7, 11) is 0. The average Bonchev–Trinajstić information content (AvgIpc) is 3.68. The lowest BCUT2D eigenvalue weighted by Gasteiger charge is -2.53. The van der Waals surface area contributed by atoms with Gasteiger partial charge in [0.1, 0.15) is 11.7 Å². The first kappa shape index (κ1) is 44.5. The maximum Gasteiger partial charge on any atom is 0.296 e. The Labute approximate surface area is 412 Å². The van der Waals surface area contributed by atoms with E-state index in [4.69, 9.17) is 4.42 Å². The van der Waals surface area contributed by atoms with Gasteiger partial charge < -0.3 is 14.2 Å². The first-order valence-electron chi connectivity index (χ1n) is 26.1. The van der Waals surface area contributed by atoms with Gasteiger partial charge in [0, 0.05) is 28.1 Å². The van der Waals surface area contributed by atoms with E-state index in [0.29, 0.717) is 11.5 Å². The minimum atomic E-state index is -0.144. The highest BCUT2D eigenvalue weighted by molar-refractivity contribution is 6.95. The van der Waals surface area contributed by atoms with E-state index in [1.54, 1.807) is 5.57 Å². The second kappa shape index (κ2) is 14.4. The zero-order valence-electron chi connectivity index (χ0n) is 43.6. The lowest BCUT2D eigenvalue weighted by Crippen LogP contribution is -2.57. The number of fused-ring (bicyclic) bond motifs is 8. The van der Waals surface area contributed by atoms with Crippen LogP contribution in [0.5, 0.6) is 0 Å². The van der Waals surface area contributed by atoms with Gasteiger partial charge in [-0.3, -0.25) is 0 Å². The third-order valence-corrected chi connectivity index (χ3v) is 18.9. The fraction of sp³-hybridized carbons (Fsp3) is 0.422. The summed E-state index contributed by atoms with van der Waals surface area (Å²) in [5, 5.41) is 12.4. The molecule has 0 spiro atoms. The predicted molar refractivity (Wildman–Crippen MR) is 290 cm³/mol. The van der Waals surface area contributed by atoms with Crippen molar-refractivity contribution in [3.63, 3.8) is 0 Å². The van der Waals surface area contributed by atoms with Crippen molar-refractivity contribution >= 4 is 57.2 Å². The van der Waals surface area contributed by atoms with E-state index in [2.05, 4.69) is 203 Å². The maximum absolute atomic E-state index is 11.3. The van der Waals surface area contributed by atoms with Gasteiger partial charge >= 0.3 is 0 Å². The lowest BCUT2D eigenvalue weighted by molar-refractivity contribution is 0.121. The summed E-state index contributed by atoms with van der Waals surface area (Å²) < 4.78 is 7.65. The van der Waals surface area contributed by atoms with Crippen LogP contribution in [0.3, 0.4) is 0 Å². The monoisotopic (exact) mass is 908 g/mol. The fourth-order valence-electron chi connectivity index (χ4n) is 14.2. The van der Waals surface area contributed by atoms with Gasteiger partial charge in [0.15, 0.2) is 0 Å². The molecule has 5 aromatic carbocycles. The fourth-order valence-corrected chi connectivity index (χ4v) is 14.2. The summed E-state index contributed by atoms with van der Waals surface area (Å²) in [6.07, 6.45) is 10.6. The predicted octanol–water partition coefficient (Wildman–Crippen LogP) is 16.1. The Hall–Kier alpha value is -5.73. The molecule has 350 valence electrons. The van der Waals surface area contributed by atoms with Crippen molar-refractivity contribution in [1.82, 2.24) is 0 Å². The Morgan fingerprint density at radius 3 is 1.87 bits per heavy atom. The molecule has 6 aliphatic rings. The summed E-state index contributed by atoms with van der Waals surface area (Å²) in [4.78, 5) is 5.14. The van der Waals surface area contributed by atoms with Gasteiger partial charge in [-0.25, -0.2) is 0 Å². The molecular weight excluding hydrogens is 838 g/mol. The highest BCUT2D eigenvalue weighted by Crippen LogP contribution is 2.60. The van der Waals surface area contributed by atoms with E-state index in [0.717, 1.165) is 70.5 Å². The molecule has 0 bridgehead atoms.